The molecule has 1 unspecified atom stereocenters. The average molecular weight is 519 g/mol. The molecule has 4 aromatic rings. The highest BCUT2D eigenvalue weighted by Crippen LogP contribution is 2.36. The van der Waals surface area contributed by atoms with Crippen molar-refractivity contribution in [2.45, 2.75) is 12.6 Å². The van der Waals surface area contributed by atoms with E-state index in [0.29, 0.717) is 32.5 Å². The first-order valence-corrected chi connectivity index (χ1v) is 11.9. The molecule has 36 heavy (non-hydrogen) atoms. The molecule has 2 aromatic carbocycles. The highest BCUT2D eigenvalue weighted by molar-refractivity contribution is 7.13. The fourth-order valence-electron chi connectivity index (χ4n) is 3.89. The third-order valence-electron chi connectivity index (χ3n) is 5.53. The minimum atomic E-state index is -1.29. The largest absolute Gasteiger partial charge is 0.508 e. The van der Waals surface area contributed by atoms with Gasteiger partial charge in [-0.2, -0.15) is 0 Å². The number of amides is 2. The van der Waals surface area contributed by atoms with Gasteiger partial charge in [-0.3, -0.25) is 14.9 Å². The number of carbonyl (C=O) groups excluding carboxylic acids is 2. The molecule has 2 aromatic heterocycles. The molecule has 0 bridgehead atoms. The molecule has 0 saturated heterocycles. The fourth-order valence-corrected chi connectivity index (χ4v) is 4.59. The first kappa shape index (κ1) is 23.5. The molecule has 10 heteroatoms. The number of hydrogen-bond donors (Lipinski definition) is 2. The molecule has 0 radical (unpaired) electrons. The Bertz CT molecular complexity index is 1550. The van der Waals surface area contributed by atoms with Gasteiger partial charge >= 0.3 is 0 Å². The maximum Gasteiger partial charge on any atom is 0.255 e. The number of aromatic nitrogens is 2. The van der Waals surface area contributed by atoms with Crippen LogP contribution >= 0.6 is 22.9 Å². The first-order valence-electron chi connectivity index (χ1n) is 10.7. The van der Waals surface area contributed by atoms with Gasteiger partial charge in [0.1, 0.15) is 22.8 Å². The zero-order valence-electron chi connectivity index (χ0n) is 18.4. The van der Waals surface area contributed by atoms with Gasteiger partial charge in [-0.05, 0) is 48.0 Å². The Morgan fingerprint density at radius 1 is 1.11 bits per heavy atom. The van der Waals surface area contributed by atoms with Crippen LogP contribution in [0.2, 0.25) is 5.15 Å². The van der Waals surface area contributed by atoms with E-state index in [0.717, 1.165) is 18.2 Å². The van der Waals surface area contributed by atoms with E-state index in [1.165, 1.54) is 22.4 Å². The Labute approximate surface area is 214 Å². The second-order valence-corrected chi connectivity index (χ2v) is 9.14. The SMILES string of the molecule is O=C(Nc1nccs1)C(c1cc(F)ccc1O)N1Cc2ccc(C#Cc3ccnc(Cl)c3)cc2C1=O. The van der Waals surface area contributed by atoms with Crippen LogP contribution in [0.15, 0.2) is 66.3 Å². The van der Waals surface area contributed by atoms with Crippen molar-refractivity contribution in [3.8, 4) is 17.6 Å². The summed E-state index contributed by atoms with van der Waals surface area (Å²) >= 11 is 7.10. The lowest BCUT2D eigenvalue weighted by molar-refractivity contribution is -0.120. The predicted molar refractivity (Wildman–Crippen MR) is 133 cm³/mol. The summed E-state index contributed by atoms with van der Waals surface area (Å²) < 4.78 is 14.1. The summed E-state index contributed by atoms with van der Waals surface area (Å²) in [4.78, 5) is 36.0. The van der Waals surface area contributed by atoms with Crippen molar-refractivity contribution in [2.24, 2.45) is 0 Å². The number of rotatable bonds is 4. The van der Waals surface area contributed by atoms with Crippen molar-refractivity contribution < 1.29 is 19.1 Å². The van der Waals surface area contributed by atoms with E-state index in [2.05, 4.69) is 27.1 Å². The molecule has 2 amide bonds. The van der Waals surface area contributed by atoms with Gasteiger partial charge in [-0.1, -0.05) is 29.5 Å². The van der Waals surface area contributed by atoms with Crippen molar-refractivity contribution in [2.75, 3.05) is 5.32 Å². The van der Waals surface area contributed by atoms with Gasteiger partial charge in [-0.25, -0.2) is 14.4 Å². The van der Waals surface area contributed by atoms with E-state index >= 15 is 0 Å². The number of carbonyl (C=O) groups is 2. The summed E-state index contributed by atoms with van der Waals surface area (Å²) in [6.07, 6.45) is 3.07. The minimum absolute atomic E-state index is 0.0280. The number of aromatic hydroxyl groups is 1. The molecule has 1 aliphatic rings. The van der Waals surface area contributed by atoms with Crippen LogP contribution < -0.4 is 5.32 Å². The maximum atomic E-state index is 14.1. The second kappa shape index (κ2) is 9.77. The fraction of sp³-hybridized carbons (Fsp3) is 0.0769. The maximum absolute atomic E-state index is 14.1. The number of phenols is 1. The van der Waals surface area contributed by atoms with Crippen LogP contribution in [-0.2, 0) is 11.3 Å². The number of hydrogen-bond acceptors (Lipinski definition) is 6. The molecule has 178 valence electrons. The predicted octanol–water partition coefficient (Wildman–Crippen LogP) is 4.77. The summed E-state index contributed by atoms with van der Waals surface area (Å²) in [5.74, 6) is 3.97. The zero-order chi connectivity index (χ0) is 25.2. The van der Waals surface area contributed by atoms with Gasteiger partial charge in [-0.15, -0.1) is 11.3 Å². The number of pyridine rings is 1. The summed E-state index contributed by atoms with van der Waals surface area (Å²) in [7, 11) is 0. The minimum Gasteiger partial charge on any atom is -0.508 e. The monoisotopic (exact) mass is 518 g/mol. The van der Waals surface area contributed by atoms with Crippen molar-refractivity contribution in [1.29, 1.82) is 0 Å². The van der Waals surface area contributed by atoms with Gasteiger partial charge in [0.05, 0.1) is 0 Å². The van der Waals surface area contributed by atoms with Crippen LogP contribution in [0.1, 0.15) is 38.7 Å². The van der Waals surface area contributed by atoms with Gasteiger partial charge in [0.15, 0.2) is 5.13 Å². The van der Waals surface area contributed by atoms with Crippen LogP contribution in [0.25, 0.3) is 0 Å². The lowest BCUT2D eigenvalue weighted by Gasteiger charge is -2.27. The lowest BCUT2D eigenvalue weighted by atomic mass is 10.0. The van der Waals surface area contributed by atoms with E-state index in [-0.39, 0.29) is 17.9 Å². The molecule has 0 fully saturated rings. The molecule has 2 N–H and O–H groups in total. The molecule has 0 spiro atoms. The Balaban J connectivity index is 1.48. The van der Waals surface area contributed by atoms with Gasteiger partial charge in [0, 0.05) is 46.6 Å². The first-order chi connectivity index (χ1) is 17.4. The van der Waals surface area contributed by atoms with Crippen molar-refractivity contribution >= 4 is 39.9 Å². The van der Waals surface area contributed by atoms with E-state index in [1.807, 2.05) is 0 Å². The number of nitrogens with one attached hydrogen (secondary N) is 1. The number of anilines is 1. The van der Waals surface area contributed by atoms with Gasteiger partial charge in [0.2, 0.25) is 0 Å². The smallest absolute Gasteiger partial charge is 0.255 e. The standard InChI is InChI=1S/C26H16ClFN4O3S/c27-22-12-16(7-8-29-22)2-1-15-3-4-17-14-32(25(35)19(17)11-15)23(20-13-18(28)5-6-21(20)33)24(34)31-26-30-9-10-36-26/h3-13,23,33H,14H2,(H,30,31,34). The molecule has 5 rings (SSSR count). The van der Waals surface area contributed by atoms with E-state index in [4.69, 9.17) is 11.6 Å². The lowest BCUT2D eigenvalue weighted by Crippen LogP contribution is -2.37. The van der Waals surface area contributed by atoms with Crippen LogP contribution in [0, 0.1) is 17.7 Å². The van der Waals surface area contributed by atoms with Crippen molar-refractivity contribution in [1.82, 2.24) is 14.9 Å². The Morgan fingerprint density at radius 2 is 1.92 bits per heavy atom. The number of nitrogens with zero attached hydrogens (tertiary/aromatic N) is 3. The van der Waals surface area contributed by atoms with Crippen LogP contribution in [-0.4, -0.2) is 31.8 Å². The van der Waals surface area contributed by atoms with Crippen LogP contribution in [0.5, 0.6) is 5.75 Å². The third kappa shape index (κ3) is 4.77. The van der Waals surface area contributed by atoms with E-state index in [9.17, 15) is 19.1 Å². The number of thiazole rings is 1. The summed E-state index contributed by atoms with van der Waals surface area (Å²) in [6, 6.07) is 10.5. The summed E-state index contributed by atoms with van der Waals surface area (Å²) in [6.45, 7) is 0.0910. The van der Waals surface area contributed by atoms with Crippen LogP contribution in [0.4, 0.5) is 9.52 Å². The molecular formula is C26H16ClFN4O3S. The highest BCUT2D eigenvalue weighted by atomic mass is 35.5. The number of halogens is 2. The zero-order valence-corrected chi connectivity index (χ0v) is 20.0. The average Bonchev–Trinajstić information content (AvgIpc) is 3.48. The number of fused-ring (bicyclic) bond motifs is 1. The molecule has 1 aliphatic heterocycles. The molecule has 3 heterocycles. The molecule has 0 saturated carbocycles. The third-order valence-corrected chi connectivity index (χ3v) is 6.42. The topological polar surface area (TPSA) is 95.4 Å². The quantitative estimate of drug-likeness (QED) is 0.300. The van der Waals surface area contributed by atoms with Crippen LogP contribution in [0.3, 0.4) is 0 Å². The highest BCUT2D eigenvalue weighted by Gasteiger charge is 2.39. The molecular weight excluding hydrogens is 503 g/mol. The van der Waals surface area contributed by atoms with Crippen molar-refractivity contribution in [3.63, 3.8) is 0 Å². The number of phenolic OH excluding ortho intramolecular Hbond substituents is 1. The van der Waals surface area contributed by atoms with E-state index in [1.54, 1.807) is 41.9 Å². The Kier molecular flexibility index (Phi) is 6.38. The van der Waals surface area contributed by atoms with Gasteiger partial charge < -0.3 is 10.0 Å². The molecule has 1 atom stereocenters. The van der Waals surface area contributed by atoms with Gasteiger partial charge in [0.25, 0.3) is 11.8 Å². The second-order valence-electron chi connectivity index (χ2n) is 7.85. The molecule has 0 aliphatic carbocycles. The summed E-state index contributed by atoms with van der Waals surface area (Å²) in [5.41, 5.74) is 2.29. The normalized spacial score (nSPS) is 13.1. The Morgan fingerprint density at radius 3 is 2.67 bits per heavy atom. The summed E-state index contributed by atoms with van der Waals surface area (Å²) in [5, 5.41) is 15.4. The Hall–Kier alpha value is -4.26. The van der Waals surface area contributed by atoms with Crippen molar-refractivity contribution in [3.05, 3.63) is 105 Å². The molecule has 7 nitrogen and oxygen atoms in total. The number of benzene rings is 2. The van der Waals surface area contributed by atoms with E-state index < -0.39 is 23.7 Å².